The number of rotatable bonds is 2. The average molecular weight is 170 g/mol. The topological polar surface area (TPSA) is 27.6 Å². The highest BCUT2D eigenvalue weighted by Crippen LogP contribution is 1.99. The van der Waals surface area contributed by atoms with Gasteiger partial charge in [0.25, 0.3) is 0 Å². The van der Waals surface area contributed by atoms with Crippen molar-refractivity contribution >= 4 is 6.08 Å². The van der Waals surface area contributed by atoms with Gasteiger partial charge in [-0.15, -0.1) is 0 Å². The highest BCUT2D eigenvalue weighted by Gasteiger charge is 1.79. The van der Waals surface area contributed by atoms with Crippen molar-refractivity contribution in [2.45, 2.75) is 0 Å². The normalized spacial score (nSPS) is 9.55. The van der Waals surface area contributed by atoms with Crippen LogP contribution in [-0.4, -0.2) is 6.54 Å². The van der Waals surface area contributed by atoms with Crippen LogP contribution < -0.4 is 18.1 Å². The molecule has 0 heterocycles. The standard InChI is InChI=1S/C9H11N.ClH/c10-8-4-7-9-5-2-1-3-6-9;/h1-7H,8,10H2;1H/b7-4+;. The Labute approximate surface area is 73.3 Å². The van der Waals surface area contributed by atoms with E-state index < -0.39 is 0 Å². The molecule has 0 radical (unpaired) electrons. The van der Waals surface area contributed by atoms with E-state index in [1.807, 2.05) is 18.2 Å². The Morgan fingerprint density at radius 2 is 1.82 bits per heavy atom. The van der Waals surface area contributed by atoms with Gasteiger partial charge in [-0.3, -0.25) is 0 Å². The van der Waals surface area contributed by atoms with Crippen LogP contribution in [0.3, 0.4) is 0 Å². The molecule has 3 N–H and O–H groups in total. The van der Waals surface area contributed by atoms with Gasteiger partial charge < -0.3 is 18.1 Å². The summed E-state index contributed by atoms with van der Waals surface area (Å²) >= 11 is 0. The Balaban J connectivity index is 0.000001000. The second-order valence-electron chi connectivity index (χ2n) is 2.10. The number of benzene rings is 1. The molecule has 0 unspecified atom stereocenters. The third kappa shape index (κ3) is 3.81. The van der Waals surface area contributed by atoms with Crippen LogP contribution in [0.15, 0.2) is 36.4 Å². The van der Waals surface area contributed by atoms with Gasteiger partial charge in [0.1, 0.15) is 0 Å². The average Bonchev–Trinajstić information content (AvgIpc) is 2.03. The summed E-state index contributed by atoms with van der Waals surface area (Å²) < 4.78 is 0. The maximum Gasteiger partial charge on any atom is 0.0930 e. The molecule has 0 aliphatic rings. The third-order valence-electron chi connectivity index (χ3n) is 1.28. The van der Waals surface area contributed by atoms with Gasteiger partial charge in [-0.25, -0.2) is 0 Å². The van der Waals surface area contributed by atoms with Crippen molar-refractivity contribution in [3.05, 3.63) is 42.0 Å². The molecule has 0 aromatic heterocycles. The lowest BCUT2D eigenvalue weighted by Gasteiger charge is -1.87. The van der Waals surface area contributed by atoms with Crippen LogP contribution in [-0.2, 0) is 0 Å². The summed E-state index contributed by atoms with van der Waals surface area (Å²) in [6.45, 7) is 0.856. The Bertz CT molecular complexity index is 206. The van der Waals surface area contributed by atoms with E-state index in [4.69, 9.17) is 0 Å². The molecule has 0 saturated carbocycles. The summed E-state index contributed by atoms with van der Waals surface area (Å²) in [6, 6.07) is 10.2. The summed E-state index contributed by atoms with van der Waals surface area (Å²) in [6.07, 6.45) is 4.13. The first-order chi connectivity index (χ1) is 4.93. The smallest absolute Gasteiger partial charge is 0.0930 e. The maximum atomic E-state index is 3.71. The molecular formula is C9H12ClN. The van der Waals surface area contributed by atoms with E-state index in [0.717, 1.165) is 6.54 Å². The molecule has 1 aromatic rings. The molecule has 0 aliphatic carbocycles. The first kappa shape index (κ1) is 10.2. The zero-order valence-corrected chi connectivity index (χ0v) is 7.09. The zero-order chi connectivity index (χ0) is 7.23. The van der Waals surface area contributed by atoms with Gasteiger partial charge >= 0.3 is 0 Å². The van der Waals surface area contributed by atoms with Gasteiger partial charge in [-0.05, 0) is 11.6 Å². The fourth-order valence-electron chi connectivity index (χ4n) is 0.784. The van der Waals surface area contributed by atoms with Crippen LogP contribution in [0.25, 0.3) is 6.08 Å². The number of hydrogen-bond donors (Lipinski definition) is 1. The predicted molar refractivity (Wildman–Crippen MR) is 43.2 cm³/mol. The summed E-state index contributed by atoms with van der Waals surface area (Å²) in [4.78, 5) is 0. The number of hydrogen-bond acceptors (Lipinski definition) is 0. The molecule has 1 nitrogen and oxygen atoms in total. The second kappa shape index (κ2) is 5.96. The van der Waals surface area contributed by atoms with Crippen molar-refractivity contribution in [1.82, 2.24) is 0 Å². The summed E-state index contributed by atoms with van der Waals surface area (Å²) in [5.41, 5.74) is 4.96. The van der Waals surface area contributed by atoms with E-state index >= 15 is 0 Å². The van der Waals surface area contributed by atoms with Crippen LogP contribution >= 0.6 is 0 Å². The van der Waals surface area contributed by atoms with Crippen LogP contribution in [0.5, 0.6) is 0 Å². The molecule has 0 bridgehead atoms. The van der Waals surface area contributed by atoms with E-state index in [-0.39, 0.29) is 12.4 Å². The van der Waals surface area contributed by atoms with Gasteiger partial charge in [0.15, 0.2) is 0 Å². The number of quaternary nitrogens is 1. The first-order valence-corrected chi connectivity index (χ1v) is 3.44. The zero-order valence-electron chi connectivity index (χ0n) is 6.33. The van der Waals surface area contributed by atoms with Gasteiger partial charge in [0.2, 0.25) is 0 Å². The molecule has 60 valence electrons. The Morgan fingerprint density at radius 3 is 2.36 bits per heavy atom. The van der Waals surface area contributed by atoms with E-state index in [9.17, 15) is 0 Å². The fraction of sp³-hybridized carbons (Fsp3) is 0.111. The van der Waals surface area contributed by atoms with E-state index in [0.29, 0.717) is 0 Å². The van der Waals surface area contributed by atoms with Crippen LogP contribution in [0.4, 0.5) is 0 Å². The van der Waals surface area contributed by atoms with Crippen LogP contribution in [0.1, 0.15) is 5.56 Å². The van der Waals surface area contributed by atoms with E-state index in [1.165, 1.54) is 5.56 Å². The molecule has 0 spiro atoms. The lowest BCUT2D eigenvalue weighted by Crippen LogP contribution is -3.00. The quantitative estimate of drug-likeness (QED) is 0.528. The van der Waals surface area contributed by atoms with Gasteiger partial charge in [0, 0.05) is 0 Å². The van der Waals surface area contributed by atoms with Crippen LogP contribution in [0.2, 0.25) is 0 Å². The summed E-state index contributed by atoms with van der Waals surface area (Å²) in [7, 11) is 0. The molecule has 1 aromatic carbocycles. The highest BCUT2D eigenvalue weighted by molar-refractivity contribution is 5.48. The summed E-state index contributed by atoms with van der Waals surface area (Å²) in [5, 5.41) is 0. The SMILES string of the molecule is [Cl-].[NH3+]C/C=C/c1ccccc1. The fourth-order valence-corrected chi connectivity index (χ4v) is 0.784. The molecule has 0 aliphatic heterocycles. The minimum absolute atomic E-state index is 0. The monoisotopic (exact) mass is 169 g/mol. The molecule has 0 amide bonds. The van der Waals surface area contributed by atoms with E-state index in [1.54, 1.807) is 0 Å². The Morgan fingerprint density at radius 1 is 1.18 bits per heavy atom. The molecule has 0 saturated heterocycles. The van der Waals surface area contributed by atoms with E-state index in [2.05, 4.69) is 30.0 Å². The molecule has 0 fully saturated rings. The van der Waals surface area contributed by atoms with Crippen molar-refractivity contribution < 1.29 is 18.1 Å². The molecule has 2 heteroatoms. The van der Waals surface area contributed by atoms with Gasteiger partial charge in [-0.1, -0.05) is 36.4 Å². The highest BCUT2D eigenvalue weighted by atomic mass is 35.5. The third-order valence-corrected chi connectivity index (χ3v) is 1.28. The van der Waals surface area contributed by atoms with Crippen molar-refractivity contribution in [3.63, 3.8) is 0 Å². The lowest BCUT2D eigenvalue weighted by molar-refractivity contribution is -0.352. The van der Waals surface area contributed by atoms with Crippen LogP contribution in [0, 0.1) is 0 Å². The van der Waals surface area contributed by atoms with Crippen molar-refractivity contribution in [2.75, 3.05) is 6.54 Å². The molecule has 0 atom stereocenters. The predicted octanol–water partition coefficient (Wildman–Crippen LogP) is -2.05. The second-order valence-corrected chi connectivity index (χ2v) is 2.10. The molecule has 1 rings (SSSR count). The first-order valence-electron chi connectivity index (χ1n) is 3.44. The van der Waals surface area contributed by atoms with Gasteiger partial charge in [-0.2, -0.15) is 0 Å². The maximum absolute atomic E-state index is 3.71. The van der Waals surface area contributed by atoms with Gasteiger partial charge in [0.05, 0.1) is 6.54 Å². The lowest BCUT2D eigenvalue weighted by atomic mass is 10.2. The minimum atomic E-state index is 0. The Kier molecular flexibility index (Phi) is 5.53. The largest absolute Gasteiger partial charge is 1.00 e. The van der Waals surface area contributed by atoms with Crippen molar-refractivity contribution in [2.24, 2.45) is 0 Å². The number of halogens is 1. The minimum Gasteiger partial charge on any atom is -1.00 e. The van der Waals surface area contributed by atoms with Crippen molar-refractivity contribution in [3.8, 4) is 0 Å². The van der Waals surface area contributed by atoms with Crippen molar-refractivity contribution in [1.29, 1.82) is 0 Å². The molecular weight excluding hydrogens is 158 g/mol. The molecule has 11 heavy (non-hydrogen) atoms. The Hall–Kier alpha value is -0.790. The summed E-state index contributed by atoms with van der Waals surface area (Å²) in [5.74, 6) is 0.